The van der Waals surface area contributed by atoms with E-state index in [0.717, 1.165) is 12.1 Å². The smallest absolute Gasteiger partial charge is 0.286 e. The van der Waals surface area contributed by atoms with E-state index < -0.39 is 17.7 Å². The first kappa shape index (κ1) is 10.5. The summed E-state index contributed by atoms with van der Waals surface area (Å²) >= 11 is 0. The summed E-state index contributed by atoms with van der Waals surface area (Å²) in [5.41, 5.74) is 0.204. The highest BCUT2D eigenvalue weighted by Crippen LogP contribution is 2.23. The number of benzene rings is 1. The summed E-state index contributed by atoms with van der Waals surface area (Å²) in [6.07, 6.45) is 1.31. The second kappa shape index (κ2) is 4.56. The summed E-state index contributed by atoms with van der Waals surface area (Å²) in [5.74, 6) is -1.33. The van der Waals surface area contributed by atoms with E-state index in [-0.39, 0.29) is 5.56 Å². The van der Waals surface area contributed by atoms with Crippen molar-refractivity contribution in [3.8, 4) is 6.26 Å². The lowest BCUT2D eigenvalue weighted by molar-refractivity contribution is 0.155. The molecule has 0 aliphatic carbocycles. The molecule has 2 nitrogen and oxygen atoms in total. The van der Waals surface area contributed by atoms with Crippen molar-refractivity contribution in [1.82, 2.24) is 0 Å². The van der Waals surface area contributed by atoms with Gasteiger partial charge in [-0.2, -0.15) is 5.26 Å². The Labute approximate surface area is 80.7 Å². The van der Waals surface area contributed by atoms with Crippen LogP contribution in [-0.4, -0.2) is 0 Å². The molecule has 0 saturated heterocycles. The molecular formula is C10H9F2NO. The maximum absolute atomic E-state index is 13.2. The Morgan fingerprint density at radius 1 is 1.50 bits per heavy atom. The Balaban J connectivity index is 2.99. The molecule has 1 rings (SSSR count). The van der Waals surface area contributed by atoms with Gasteiger partial charge >= 0.3 is 0 Å². The molecule has 0 spiro atoms. The van der Waals surface area contributed by atoms with Crippen LogP contribution in [0, 0.1) is 23.2 Å². The SMILES string of the molecule is CC[C@@H](OC#N)c1ccc(F)cc1F. The van der Waals surface area contributed by atoms with Gasteiger partial charge in [-0.15, -0.1) is 0 Å². The molecule has 0 aromatic heterocycles. The number of nitriles is 1. The zero-order chi connectivity index (χ0) is 10.6. The van der Waals surface area contributed by atoms with Crippen LogP contribution in [0.5, 0.6) is 0 Å². The maximum atomic E-state index is 13.2. The van der Waals surface area contributed by atoms with E-state index in [1.807, 2.05) is 0 Å². The van der Waals surface area contributed by atoms with Crippen molar-refractivity contribution < 1.29 is 13.5 Å². The van der Waals surface area contributed by atoms with Crippen molar-refractivity contribution in [3.05, 3.63) is 35.4 Å². The minimum Gasteiger partial charge on any atom is -0.419 e. The summed E-state index contributed by atoms with van der Waals surface area (Å²) < 4.78 is 30.4. The van der Waals surface area contributed by atoms with Crippen molar-refractivity contribution >= 4 is 0 Å². The van der Waals surface area contributed by atoms with Crippen LogP contribution < -0.4 is 0 Å². The molecule has 1 aromatic carbocycles. The third-order valence-corrected chi connectivity index (χ3v) is 1.88. The lowest BCUT2D eigenvalue weighted by Gasteiger charge is -2.12. The number of hydrogen-bond acceptors (Lipinski definition) is 2. The molecule has 4 heteroatoms. The molecule has 0 fully saturated rings. The number of hydrogen-bond donors (Lipinski definition) is 0. The van der Waals surface area contributed by atoms with Gasteiger partial charge in [-0.25, -0.2) is 8.78 Å². The maximum Gasteiger partial charge on any atom is 0.286 e. The molecule has 1 atom stereocenters. The fraction of sp³-hybridized carbons (Fsp3) is 0.300. The molecule has 1 aromatic rings. The van der Waals surface area contributed by atoms with E-state index in [0.29, 0.717) is 6.42 Å². The minimum atomic E-state index is -0.688. The summed E-state index contributed by atoms with van der Waals surface area (Å²) in [6, 6.07) is 3.21. The molecule has 0 unspecified atom stereocenters. The summed E-state index contributed by atoms with van der Waals surface area (Å²) in [7, 11) is 0. The second-order valence-electron chi connectivity index (χ2n) is 2.77. The molecular weight excluding hydrogens is 188 g/mol. The standard InChI is InChI=1S/C10H9F2NO/c1-2-10(14-6-13)8-4-3-7(11)5-9(8)12/h3-5,10H,2H2,1H3/t10-/m1/s1. The zero-order valence-electron chi connectivity index (χ0n) is 7.63. The van der Waals surface area contributed by atoms with E-state index in [2.05, 4.69) is 4.74 Å². The van der Waals surface area contributed by atoms with E-state index in [4.69, 9.17) is 5.26 Å². The number of ether oxygens (including phenoxy) is 1. The Bertz CT molecular complexity index is 360. The van der Waals surface area contributed by atoms with Crippen LogP contribution in [0.25, 0.3) is 0 Å². The highest BCUT2D eigenvalue weighted by Gasteiger charge is 2.15. The average Bonchev–Trinajstić information content (AvgIpc) is 2.15. The van der Waals surface area contributed by atoms with Crippen LogP contribution in [0.3, 0.4) is 0 Å². The van der Waals surface area contributed by atoms with E-state index in [1.165, 1.54) is 12.3 Å². The van der Waals surface area contributed by atoms with Crippen LogP contribution in [0.15, 0.2) is 18.2 Å². The molecule has 0 amide bonds. The monoisotopic (exact) mass is 197 g/mol. The normalized spacial score (nSPS) is 11.9. The molecule has 14 heavy (non-hydrogen) atoms. The van der Waals surface area contributed by atoms with Crippen LogP contribution in [0.2, 0.25) is 0 Å². The predicted octanol–water partition coefficient (Wildman–Crippen LogP) is 2.91. The molecule has 0 aliphatic rings. The highest BCUT2D eigenvalue weighted by atomic mass is 19.1. The first-order valence-corrected chi connectivity index (χ1v) is 4.18. The molecule has 0 saturated carbocycles. The summed E-state index contributed by atoms with van der Waals surface area (Å²) in [4.78, 5) is 0. The molecule has 0 heterocycles. The lowest BCUT2D eigenvalue weighted by atomic mass is 10.1. The Morgan fingerprint density at radius 2 is 2.21 bits per heavy atom. The Kier molecular flexibility index (Phi) is 3.41. The van der Waals surface area contributed by atoms with E-state index >= 15 is 0 Å². The number of halogens is 2. The van der Waals surface area contributed by atoms with Gasteiger partial charge < -0.3 is 4.74 Å². The third kappa shape index (κ3) is 2.19. The molecule has 0 N–H and O–H groups in total. The van der Waals surface area contributed by atoms with Gasteiger partial charge in [0.05, 0.1) is 0 Å². The van der Waals surface area contributed by atoms with Gasteiger partial charge in [0.1, 0.15) is 17.7 Å². The quantitative estimate of drug-likeness (QED) is 0.698. The van der Waals surface area contributed by atoms with Gasteiger partial charge in [-0.1, -0.05) is 6.92 Å². The van der Waals surface area contributed by atoms with Gasteiger partial charge in [0.2, 0.25) is 0 Å². The largest absolute Gasteiger partial charge is 0.419 e. The van der Waals surface area contributed by atoms with Gasteiger partial charge in [0.25, 0.3) is 6.26 Å². The molecule has 0 radical (unpaired) electrons. The van der Waals surface area contributed by atoms with Crippen LogP contribution >= 0.6 is 0 Å². The second-order valence-corrected chi connectivity index (χ2v) is 2.77. The van der Waals surface area contributed by atoms with Crippen LogP contribution in [-0.2, 0) is 4.74 Å². The molecule has 0 aliphatic heterocycles. The fourth-order valence-electron chi connectivity index (χ4n) is 1.19. The Morgan fingerprint density at radius 3 is 2.71 bits per heavy atom. The topological polar surface area (TPSA) is 33.0 Å². The van der Waals surface area contributed by atoms with Crippen molar-refractivity contribution in [2.75, 3.05) is 0 Å². The predicted molar refractivity (Wildman–Crippen MR) is 46.1 cm³/mol. The van der Waals surface area contributed by atoms with Crippen molar-refractivity contribution in [1.29, 1.82) is 5.26 Å². The summed E-state index contributed by atoms with van der Waals surface area (Å²) in [5, 5.41) is 8.31. The van der Waals surface area contributed by atoms with Gasteiger partial charge in [-0.3, -0.25) is 0 Å². The fourth-order valence-corrected chi connectivity index (χ4v) is 1.19. The Hall–Kier alpha value is -1.63. The highest BCUT2D eigenvalue weighted by molar-refractivity contribution is 5.21. The number of nitrogens with zero attached hydrogens (tertiary/aromatic N) is 1. The van der Waals surface area contributed by atoms with E-state index in [1.54, 1.807) is 6.92 Å². The lowest BCUT2D eigenvalue weighted by Crippen LogP contribution is -2.02. The number of rotatable bonds is 3. The minimum absolute atomic E-state index is 0.204. The first-order chi connectivity index (χ1) is 6.69. The van der Waals surface area contributed by atoms with Crippen molar-refractivity contribution in [2.45, 2.75) is 19.4 Å². The van der Waals surface area contributed by atoms with Crippen molar-refractivity contribution in [3.63, 3.8) is 0 Å². The molecule has 74 valence electrons. The van der Waals surface area contributed by atoms with Gasteiger partial charge in [-0.05, 0) is 18.6 Å². The van der Waals surface area contributed by atoms with Crippen molar-refractivity contribution in [2.24, 2.45) is 0 Å². The third-order valence-electron chi connectivity index (χ3n) is 1.88. The van der Waals surface area contributed by atoms with Gasteiger partial charge in [0.15, 0.2) is 0 Å². The zero-order valence-corrected chi connectivity index (χ0v) is 7.63. The van der Waals surface area contributed by atoms with Crippen LogP contribution in [0.4, 0.5) is 8.78 Å². The summed E-state index contributed by atoms with van der Waals surface area (Å²) in [6.45, 7) is 1.75. The first-order valence-electron chi connectivity index (χ1n) is 4.18. The average molecular weight is 197 g/mol. The van der Waals surface area contributed by atoms with E-state index in [9.17, 15) is 8.78 Å². The molecule has 0 bridgehead atoms. The van der Waals surface area contributed by atoms with Gasteiger partial charge in [0, 0.05) is 11.6 Å². The van der Waals surface area contributed by atoms with Crippen LogP contribution in [0.1, 0.15) is 25.0 Å².